The van der Waals surface area contributed by atoms with Crippen molar-refractivity contribution in [2.75, 3.05) is 5.32 Å². The Kier molecular flexibility index (Phi) is 5.86. The van der Waals surface area contributed by atoms with Crippen LogP contribution < -0.4 is 10.6 Å². The average Bonchev–Trinajstić information content (AvgIpc) is 3.48. The Morgan fingerprint density at radius 2 is 1.79 bits per heavy atom. The predicted octanol–water partition coefficient (Wildman–Crippen LogP) is 6.88. The molecule has 0 saturated heterocycles. The summed E-state index contributed by atoms with van der Waals surface area (Å²) < 4.78 is 11.5. The molecule has 0 saturated carbocycles. The van der Waals surface area contributed by atoms with E-state index in [0.717, 1.165) is 34.2 Å². The number of rotatable bonds is 5. The first-order valence-corrected chi connectivity index (χ1v) is 11.5. The van der Waals surface area contributed by atoms with E-state index in [1.807, 2.05) is 54.6 Å². The van der Waals surface area contributed by atoms with Crippen molar-refractivity contribution in [2.24, 2.45) is 0 Å². The summed E-state index contributed by atoms with van der Waals surface area (Å²) in [4.78, 5) is 17.1. The highest BCUT2D eigenvalue weighted by atomic mass is 32.1. The molecule has 0 unspecified atom stereocenters. The Hall–Kier alpha value is -3.97. The number of anilines is 1. The van der Waals surface area contributed by atoms with E-state index in [0.29, 0.717) is 17.4 Å². The van der Waals surface area contributed by atoms with Crippen LogP contribution in [0.15, 0.2) is 81.6 Å². The summed E-state index contributed by atoms with van der Waals surface area (Å²) in [7, 11) is 0. The summed E-state index contributed by atoms with van der Waals surface area (Å²) in [5.41, 5.74) is 5.10. The number of carbonyl (C=O) groups excluding carboxylic acids is 1. The van der Waals surface area contributed by atoms with E-state index in [-0.39, 0.29) is 10.9 Å². The van der Waals surface area contributed by atoms with Crippen molar-refractivity contribution in [3.05, 3.63) is 84.1 Å². The van der Waals surface area contributed by atoms with Gasteiger partial charge in [0.2, 0.25) is 5.89 Å². The van der Waals surface area contributed by atoms with Gasteiger partial charge < -0.3 is 14.2 Å². The van der Waals surface area contributed by atoms with Crippen molar-refractivity contribution in [3.8, 4) is 11.5 Å². The molecule has 3 aromatic carbocycles. The molecule has 0 bridgehead atoms. The van der Waals surface area contributed by atoms with Gasteiger partial charge in [0.15, 0.2) is 16.5 Å². The molecule has 7 heteroatoms. The number of carbonyl (C=O) groups is 1. The van der Waals surface area contributed by atoms with Crippen molar-refractivity contribution in [1.29, 1.82) is 0 Å². The maximum absolute atomic E-state index is 12.5. The minimum Gasteiger partial charge on any atom is -0.451 e. The summed E-state index contributed by atoms with van der Waals surface area (Å²) in [6.07, 6.45) is 1.07. The fourth-order valence-corrected chi connectivity index (χ4v) is 3.94. The van der Waals surface area contributed by atoms with Gasteiger partial charge in [0, 0.05) is 16.6 Å². The fraction of sp³-hybridized carbons (Fsp3) is 0.148. The molecule has 0 aliphatic rings. The van der Waals surface area contributed by atoms with Crippen LogP contribution in [-0.4, -0.2) is 16.0 Å². The molecule has 1 atom stereocenters. The molecule has 0 radical (unpaired) electrons. The molecule has 5 aromatic rings. The normalized spacial score (nSPS) is 12.1. The zero-order valence-electron chi connectivity index (χ0n) is 18.8. The molecule has 0 spiro atoms. The van der Waals surface area contributed by atoms with E-state index in [1.165, 1.54) is 5.56 Å². The van der Waals surface area contributed by atoms with Crippen molar-refractivity contribution >= 4 is 51.0 Å². The zero-order chi connectivity index (χ0) is 23.7. The fourth-order valence-electron chi connectivity index (χ4n) is 3.73. The number of furan rings is 1. The highest BCUT2D eigenvalue weighted by Crippen LogP contribution is 2.28. The van der Waals surface area contributed by atoms with Crippen molar-refractivity contribution in [3.63, 3.8) is 0 Å². The van der Waals surface area contributed by atoms with Crippen molar-refractivity contribution in [2.45, 2.75) is 26.2 Å². The predicted molar refractivity (Wildman–Crippen MR) is 138 cm³/mol. The van der Waals surface area contributed by atoms with Gasteiger partial charge in [-0.1, -0.05) is 38.1 Å². The molecule has 1 amide bonds. The number of hydrogen-bond donors (Lipinski definition) is 2. The van der Waals surface area contributed by atoms with Crippen LogP contribution in [0.3, 0.4) is 0 Å². The number of benzene rings is 3. The first-order valence-electron chi connectivity index (χ1n) is 11.1. The van der Waals surface area contributed by atoms with Crippen LogP contribution in [0.25, 0.3) is 33.5 Å². The molecule has 5 rings (SSSR count). The van der Waals surface area contributed by atoms with Gasteiger partial charge in [0.25, 0.3) is 5.91 Å². The Morgan fingerprint density at radius 3 is 2.56 bits per heavy atom. The molecule has 0 fully saturated rings. The molecule has 0 aliphatic carbocycles. The van der Waals surface area contributed by atoms with Crippen LogP contribution in [0, 0.1) is 0 Å². The number of oxazole rings is 1. The minimum absolute atomic E-state index is 0.178. The largest absolute Gasteiger partial charge is 0.451 e. The van der Waals surface area contributed by atoms with Crippen LogP contribution in [-0.2, 0) is 0 Å². The Bertz CT molecular complexity index is 1470. The van der Waals surface area contributed by atoms with Crippen LogP contribution in [0.2, 0.25) is 0 Å². The maximum Gasteiger partial charge on any atom is 0.293 e. The monoisotopic (exact) mass is 469 g/mol. The Morgan fingerprint density at radius 1 is 1.00 bits per heavy atom. The first kappa shape index (κ1) is 21.9. The van der Waals surface area contributed by atoms with Gasteiger partial charge in [0.05, 0.1) is 0 Å². The summed E-state index contributed by atoms with van der Waals surface area (Å²) >= 11 is 5.29. The molecular formula is C27H23N3O3S. The van der Waals surface area contributed by atoms with Crippen LogP contribution in [0.4, 0.5) is 5.69 Å². The summed E-state index contributed by atoms with van der Waals surface area (Å²) in [5, 5.41) is 6.70. The number of aromatic nitrogens is 1. The minimum atomic E-state index is -0.409. The number of amides is 1. The molecule has 2 aromatic heterocycles. The third-order valence-corrected chi connectivity index (χ3v) is 6.06. The van der Waals surface area contributed by atoms with Gasteiger partial charge in [-0.2, -0.15) is 0 Å². The molecular weight excluding hydrogens is 446 g/mol. The third-order valence-electron chi connectivity index (χ3n) is 5.86. The lowest BCUT2D eigenvalue weighted by atomic mass is 9.98. The lowest BCUT2D eigenvalue weighted by Gasteiger charge is -2.08. The summed E-state index contributed by atoms with van der Waals surface area (Å²) in [6, 6.07) is 22.8. The lowest BCUT2D eigenvalue weighted by molar-refractivity contribution is 0.0953. The number of hydrogen-bond acceptors (Lipinski definition) is 5. The zero-order valence-corrected chi connectivity index (χ0v) is 19.6. The van der Waals surface area contributed by atoms with Crippen LogP contribution >= 0.6 is 12.2 Å². The number of fused-ring (bicyclic) bond motifs is 2. The second-order valence-electron chi connectivity index (χ2n) is 8.19. The molecule has 0 aliphatic heterocycles. The molecule has 170 valence electrons. The molecule has 6 nitrogen and oxygen atoms in total. The number of thiocarbonyl (C=S) groups is 1. The third kappa shape index (κ3) is 4.43. The van der Waals surface area contributed by atoms with Crippen molar-refractivity contribution in [1.82, 2.24) is 10.3 Å². The Balaban J connectivity index is 1.25. The Labute approximate surface area is 202 Å². The van der Waals surface area contributed by atoms with Gasteiger partial charge in [-0.15, -0.1) is 0 Å². The summed E-state index contributed by atoms with van der Waals surface area (Å²) in [5.74, 6) is 0.830. The molecule has 2 N–H and O–H groups in total. The highest BCUT2D eigenvalue weighted by Gasteiger charge is 2.14. The van der Waals surface area contributed by atoms with E-state index in [2.05, 4.69) is 41.6 Å². The molecule has 34 heavy (non-hydrogen) atoms. The lowest BCUT2D eigenvalue weighted by Crippen LogP contribution is -2.33. The van der Waals surface area contributed by atoms with Crippen LogP contribution in [0.5, 0.6) is 0 Å². The van der Waals surface area contributed by atoms with Crippen LogP contribution in [0.1, 0.15) is 42.3 Å². The van der Waals surface area contributed by atoms with Gasteiger partial charge in [-0.05, 0) is 78.7 Å². The van der Waals surface area contributed by atoms with Crippen molar-refractivity contribution < 1.29 is 13.6 Å². The van der Waals surface area contributed by atoms with E-state index in [1.54, 1.807) is 6.07 Å². The van der Waals surface area contributed by atoms with E-state index in [9.17, 15) is 4.79 Å². The quantitative estimate of drug-likeness (QED) is 0.273. The summed E-state index contributed by atoms with van der Waals surface area (Å²) in [6.45, 7) is 4.38. The first-order chi connectivity index (χ1) is 16.5. The topological polar surface area (TPSA) is 80.3 Å². The van der Waals surface area contributed by atoms with Gasteiger partial charge in [-0.3, -0.25) is 10.1 Å². The SMILES string of the molecule is CC[C@@H](C)c1ccc2oc(-c3ccc(NC(=S)NC(=O)c4cc5ccccc5o4)cc3)nc2c1. The standard InChI is InChI=1S/C27H23N3O3S/c1-3-16(2)18-10-13-23-21(14-18)29-26(33-23)17-8-11-20(12-9-17)28-27(34)30-25(31)24-15-19-6-4-5-7-22(19)32-24/h4-16H,3H2,1-2H3,(H2,28,30,31,34)/t16-/m1/s1. The number of para-hydroxylation sites is 1. The van der Waals surface area contributed by atoms with E-state index >= 15 is 0 Å². The second kappa shape index (κ2) is 9.11. The van der Waals surface area contributed by atoms with E-state index < -0.39 is 5.91 Å². The van der Waals surface area contributed by atoms with Gasteiger partial charge >= 0.3 is 0 Å². The molecule has 2 heterocycles. The number of nitrogens with zero attached hydrogens (tertiary/aromatic N) is 1. The van der Waals surface area contributed by atoms with Gasteiger partial charge in [-0.25, -0.2) is 4.98 Å². The highest BCUT2D eigenvalue weighted by molar-refractivity contribution is 7.80. The van der Waals surface area contributed by atoms with Gasteiger partial charge in [0.1, 0.15) is 11.1 Å². The van der Waals surface area contributed by atoms with E-state index in [4.69, 9.17) is 21.1 Å². The average molecular weight is 470 g/mol. The second-order valence-corrected chi connectivity index (χ2v) is 8.60. The smallest absolute Gasteiger partial charge is 0.293 e. The maximum atomic E-state index is 12.5. The number of nitrogens with one attached hydrogen (secondary N) is 2.